The minimum Gasteiger partial charge on any atom is -0.493 e. The molecule has 0 aliphatic carbocycles. The van der Waals surface area contributed by atoms with Gasteiger partial charge < -0.3 is 19.9 Å². The van der Waals surface area contributed by atoms with Crippen LogP contribution in [0.1, 0.15) is 60.4 Å². The van der Waals surface area contributed by atoms with E-state index in [0.717, 1.165) is 28.9 Å². The molecular formula is C29H33NO5. The molecule has 2 N–H and O–H groups in total. The molecule has 0 heterocycles. The Bertz CT molecular complexity index is 1190. The van der Waals surface area contributed by atoms with Crippen LogP contribution in [0.15, 0.2) is 60.7 Å². The highest BCUT2D eigenvalue weighted by Crippen LogP contribution is 2.32. The van der Waals surface area contributed by atoms with Crippen molar-refractivity contribution < 1.29 is 24.2 Å². The monoisotopic (exact) mass is 475 g/mol. The van der Waals surface area contributed by atoms with Crippen molar-refractivity contribution in [1.82, 2.24) is 0 Å². The zero-order valence-electron chi connectivity index (χ0n) is 20.8. The van der Waals surface area contributed by atoms with Crippen LogP contribution in [0.4, 0.5) is 5.69 Å². The molecule has 6 nitrogen and oxygen atoms in total. The SMILES string of the molecule is CCCOc1ccccc1-c1ccc(C(=O)Nc2cc(C(=O)O)ccc2OCC(C)C)c(CC)c1. The summed E-state index contributed by atoms with van der Waals surface area (Å²) in [4.78, 5) is 24.8. The fraction of sp³-hybridized carbons (Fsp3) is 0.310. The van der Waals surface area contributed by atoms with Gasteiger partial charge >= 0.3 is 5.97 Å². The first kappa shape index (κ1) is 25.8. The second kappa shape index (κ2) is 12.1. The molecule has 0 saturated heterocycles. The lowest BCUT2D eigenvalue weighted by Gasteiger charge is -2.16. The third kappa shape index (κ3) is 6.63. The Kier molecular flexibility index (Phi) is 8.90. The average molecular weight is 476 g/mol. The van der Waals surface area contributed by atoms with Gasteiger partial charge in [0.1, 0.15) is 11.5 Å². The number of para-hydroxylation sites is 1. The molecule has 0 aliphatic heterocycles. The first-order valence-corrected chi connectivity index (χ1v) is 12.0. The molecule has 0 saturated carbocycles. The van der Waals surface area contributed by atoms with Crippen molar-refractivity contribution in [3.8, 4) is 22.6 Å². The number of aromatic carboxylic acids is 1. The van der Waals surface area contributed by atoms with E-state index in [4.69, 9.17) is 9.47 Å². The van der Waals surface area contributed by atoms with E-state index in [1.807, 2.05) is 57.2 Å². The van der Waals surface area contributed by atoms with E-state index in [1.165, 1.54) is 12.1 Å². The fourth-order valence-corrected chi connectivity index (χ4v) is 3.65. The van der Waals surface area contributed by atoms with Gasteiger partial charge in [-0.3, -0.25) is 4.79 Å². The van der Waals surface area contributed by atoms with Crippen molar-refractivity contribution in [1.29, 1.82) is 0 Å². The fourth-order valence-electron chi connectivity index (χ4n) is 3.65. The number of hydrogen-bond donors (Lipinski definition) is 2. The number of hydrogen-bond acceptors (Lipinski definition) is 4. The number of nitrogens with one attached hydrogen (secondary N) is 1. The van der Waals surface area contributed by atoms with Crippen molar-refractivity contribution >= 4 is 17.6 Å². The predicted octanol–water partition coefficient (Wildman–Crippen LogP) is 6.69. The maximum absolute atomic E-state index is 13.3. The second-order valence-corrected chi connectivity index (χ2v) is 8.75. The molecule has 0 aliphatic rings. The molecule has 3 aromatic rings. The molecule has 0 bridgehead atoms. The topological polar surface area (TPSA) is 84.9 Å². The summed E-state index contributed by atoms with van der Waals surface area (Å²) in [5.41, 5.74) is 3.76. The lowest BCUT2D eigenvalue weighted by atomic mass is 9.96. The molecule has 184 valence electrons. The third-order valence-electron chi connectivity index (χ3n) is 5.44. The zero-order valence-corrected chi connectivity index (χ0v) is 20.8. The molecule has 0 unspecified atom stereocenters. The number of carboxylic acid groups (broad SMARTS) is 1. The van der Waals surface area contributed by atoms with E-state index in [-0.39, 0.29) is 17.4 Å². The van der Waals surface area contributed by atoms with Crippen LogP contribution in [-0.2, 0) is 6.42 Å². The summed E-state index contributed by atoms with van der Waals surface area (Å²) < 4.78 is 11.7. The molecule has 0 fully saturated rings. The predicted molar refractivity (Wildman–Crippen MR) is 139 cm³/mol. The molecule has 0 radical (unpaired) electrons. The highest BCUT2D eigenvalue weighted by Gasteiger charge is 2.17. The summed E-state index contributed by atoms with van der Waals surface area (Å²) in [6.45, 7) is 9.18. The number of benzene rings is 3. The second-order valence-electron chi connectivity index (χ2n) is 8.75. The first-order valence-electron chi connectivity index (χ1n) is 12.0. The normalized spacial score (nSPS) is 10.8. The molecular weight excluding hydrogens is 442 g/mol. The number of anilines is 1. The van der Waals surface area contributed by atoms with Crippen LogP contribution >= 0.6 is 0 Å². The summed E-state index contributed by atoms with van der Waals surface area (Å²) in [5, 5.41) is 12.3. The largest absolute Gasteiger partial charge is 0.493 e. The molecule has 3 rings (SSSR count). The Balaban J connectivity index is 1.92. The van der Waals surface area contributed by atoms with E-state index < -0.39 is 5.97 Å². The van der Waals surface area contributed by atoms with Crippen LogP contribution in [0, 0.1) is 5.92 Å². The van der Waals surface area contributed by atoms with Gasteiger partial charge in [-0.1, -0.05) is 58.0 Å². The standard InChI is InChI=1S/C29H33NO5/c1-5-15-34-26-10-8-7-9-23(26)21-11-13-24(20(6-2)16-21)28(31)30-25-17-22(29(32)33)12-14-27(25)35-18-19(3)4/h7-14,16-17,19H,5-6,15,18H2,1-4H3,(H,30,31)(H,32,33). The molecule has 3 aromatic carbocycles. The van der Waals surface area contributed by atoms with Crippen molar-refractivity contribution in [3.05, 3.63) is 77.4 Å². The van der Waals surface area contributed by atoms with Gasteiger partial charge in [-0.15, -0.1) is 0 Å². The van der Waals surface area contributed by atoms with E-state index in [1.54, 1.807) is 12.1 Å². The third-order valence-corrected chi connectivity index (χ3v) is 5.44. The van der Waals surface area contributed by atoms with E-state index in [2.05, 4.69) is 12.2 Å². The Morgan fingerprint density at radius 3 is 2.40 bits per heavy atom. The number of carbonyl (C=O) groups is 2. The van der Waals surface area contributed by atoms with Crippen LogP contribution in [0.25, 0.3) is 11.1 Å². The zero-order chi connectivity index (χ0) is 25.4. The van der Waals surface area contributed by atoms with Gasteiger partial charge in [0.15, 0.2) is 0 Å². The van der Waals surface area contributed by atoms with Crippen molar-refractivity contribution in [3.63, 3.8) is 0 Å². The van der Waals surface area contributed by atoms with Crippen molar-refractivity contribution in [2.24, 2.45) is 5.92 Å². The smallest absolute Gasteiger partial charge is 0.335 e. The average Bonchev–Trinajstić information content (AvgIpc) is 2.86. The van der Waals surface area contributed by atoms with Gasteiger partial charge in [-0.25, -0.2) is 4.79 Å². The minimum atomic E-state index is -1.07. The summed E-state index contributed by atoms with van der Waals surface area (Å²) in [6.07, 6.45) is 1.57. The summed E-state index contributed by atoms with van der Waals surface area (Å²) in [6, 6.07) is 18.1. The summed E-state index contributed by atoms with van der Waals surface area (Å²) in [5.74, 6) is 0.139. The van der Waals surface area contributed by atoms with E-state index in [9.17, 15) is 14.7 Å². The van der Waals surface area contributed by atoms with Crippen LogP contribution in [0.2, 0.25) is 0 Å². The number of carbonyl (C=O) groups excluding carboxylic acids is 1. The van der Waals surface area contributed by atoms with Crippen LogP contribution in [0.3, 0.4) is 0 Å². The van der Waals surface area contributed by atoms with Crippen molar-refractivity contribution in [2.45, 2.75) is 40.5 Å². The van der Waals surface area contributed by atoms with Crippen LogP contribution < -0.4 is 14.8 Å². The molecule has 0 spiro atoms. The van der Waals surface area contributed by atoms with Gasteiger partial charge in [0, 0.05) is 11.1 Å². The number of aryl methyl sites for hydroxylation is 1. The number of ether oxygens (including phenoxy) is 2. The first-order chi connectivity index (χ1) is 16.8. The van der Waals surface area contributed by atoms with Crippen molar-refractivity contribution in [2.75, 3.05) is 18.5 Å². The molecule has 1 amide bonds. The Morgan fingerprint density at radius 1 is 0.943 bits per heavy atom. The van der Waals surface area contributed by atoms with Gasteiger partial charge in [0.25, 0.3) is 5.91 Å². The number of amides is 1. The Labute approximate surface area is 206 Å². The maximum Gasteiger partial charge on any atom is 0.335 e. The van der Waals surface area contributed by atoms with Gasteiger partial charge in [0.2, 0.25) is 0 Å². The highest BCUT2D eigenvalue weighted by molar-refractivity contribution is 6.07. The van der Waals surface area contributed by atoms with Crippen LogP contribution in [0.5, 0.6) is 11.5 Å². The number of carboxylic acids is 1. The van der Waals surface area contributed by atoms with Crippen LogP contribution in [-0.4, -0.2) is 30.2 Å². The van der Waals surface area contributed by atoms with Gasteiger partial charge in [0.05, 0.1) is 24.5 Å². The Morgan fingerprint density at radius 2 is 1.71 bits per heavy atom. The summed E-state index contributed by atoms with van der Waals surface area (Å²) in [7, 11) is 0. The molecule has 6 heteroatoms. The highest BCUT2D eigenvalue weighted by atomic mass is 16.5. The lowest BCUT2D eigenvalue weighted by molar-refractivity contribution is 0.0696. The van der Waals surface area contributed by atoms with Gasteiger partial charge in [-0.2, -0.15) is 0 Å². The minimum absolute atomic E-state index is 0.0759. The Hall–Kier alpha value is -3.80. The molecule has 35 heavy (non-hydrogen) atoms. The van der Waals surface area contributed by atoms with E-state index in [0.29, 0.717) is 36.6 Å². The molecule has 0 aromatic heterocycles. The number of rotatable bonds is 11. The summed E-state index contributed by atoms with van der Waals surface area (Å²) >= 11 is 0. The van der Waals surface area contributed by atoms with Gasteiger partial charge in [-0.05, 0) is 60.2 Å². The molecule has 0 atom stereocenters. The maximum atomic E-state index is 13.3. The van der Waals surface area contributed by atoms with E-state index >= 15 is 0 Å². The quantitative estimate of drug-likeness (QED) is 0.323. The lowest BCUT2D eigenvalue weighted by Crippen LogP contribution is -2.16.